The Labute approximate surface area is 122 Å². The maximum absolute atomic E-state index is 11.1. The molecule has 1 aromatic carbocycles. The van der Waals surface area contributed by atoms with E-state index in [9.17, 15) is 5.11 Å². The minimum Gasteiger partial charge on any atom is -0.377 e. The highest BCUT2D eigenvalue weighted by molar-refractivity contribution is 8.03. The van der Waals surface area contributed by atoms with Crippen LogP contribution in [-0.4, -0.2) is 17.6 Å². The van der Waals surface area contributed by atoms with Crippen molar-refractivity contribution in [1.82, 2.24) is 0 Å². The predicted octanol–water partition coefficient (Wildman–Crippen LogP) is 4.08. The SMILES string of the molecule is CSC1=CC2=C(C1)C(SC)=CC2(O)c1ccccc1. The molecule has 0 fully saturated rings. The van der Waals surface area contributed by atoms with Gasteiger partial charge in [-0.3, -0.25) is 0 Å². The summed E-state index contributed by atoms with van der Waals surface area (Å²) in [6.07, 6.45) is 9.29. The molecule has 1 aromatic rings. The van der Waals surface area contributed by atoms with Gasteiger partial charge in [0.05, 0.1) is 0 Å². The Morgan fingerprint density at radius 2 is 1.84 bits per heavy atom. The Kier molecular flexibility index (Phi) is 3.37. The molecule has 1 atom stereocenters. The molecule has 0 aliphatic heterocycles. The van der Waals surface area contributed by atoms with Crippen LogP contribution in [0.1, 0.15) is 12.0 Å². The Balaban J connectivity index is 2.11. The molecule has 3 rings (SSSR count). The highest BCUT2D eigenvalue weighted by Gasteiger charge is 2.41. The minimum atomic E-state index is -0.952. The molecule has 0 amide bonds. The van der Waals surface area contributed by atoms with Gasteiger partial charge < -0.3 is 5.11 Å². The monoisotopic (exact) mass is 288 g/mol. The van der Waals surface area contributed by atoms with Crippen molar-refractivity contribution in [3.05, 3.63) is 69.0 Å². The van der Waals surface area contributed by atoms with Gasteiger partial charge in [-0.2, -0.15) is 0 Å². The molecule has 98 valence electrons. The average molecular weight is 288 g/mol. The van der Waals surface area contributed by atoms with E-state index in [1.807, 2.05) is 36.4 Å². The van der Waals surface area contributed by atoms with E-state index in [4.69, 9.17) is 0 Å². The smallest absolute Gasteiger partial charge is 0.135 e. The molecule has 0 bridgehead atoms. The van der Waals surface area contributed by atoms with E-state index in [-0.39, 0.29) is 0 Å². The number of thioether (sulfide) groups is 2. The summed E-state index contributed by atoms with van der Waals surface area (Å²) in [6.45, 7) is 0. The van der Waals surface area contributed by atoms with Crippen LogP contribution >= 0.6 is 23.5 Å². The third-order valence-corrected chi connectivity index (χ3v) is 5.32. The Morgan fingerprint density at radius 3 is 2.47 bits per heavy atom. The van der Waals surface area contributed by atoms with Crippen LogP contribution in [0.5, 0.6) is 0 Å². The molecular weight excluding hydrogens is 272 g/mol. The predicted molar refractivity (Wildman–Crippen MR) is 85.2 cm³/mol. The van der Waals surface area contributed by atoms with Crippen molar-refractivity contribution in [1.29, 1.82) is 0 Å². The number of aliphatic hydroxyl groups is 1. The van der Waals surface area contributed by atoms with Crippen LogP contribution in [0.15, 0.2) is 63.4 Å². The van der Waals surface area contributed by atoms with E-state index in [1.54, 1.807) is 23.5 Å². The van der Waals surface area contributed by atoms with Crippen molar-refractivity contribution < 1.29 is 5.11 Å². The molecule has 2 aliphatic rings. The van der Waals surface area contributed by atoms with Crippen molar-refractivity contribution in [2.45, 2.75) is 12.0 Å². The summed E-state index contributed by atoms with van der Waals surface area (Å²) in [5.74, 6) is 0. The van der Waals surface area contributed by atoms with Gasteiger partial charge in [-0.25, -0.2) is 0 Å². The van der Waals surface area contributed by atoms with Crippen molar-refractivity contribution in [3.8, 4) is 0 Å². The molecule has 0 saturated heterocycles. The molecule has 0 heterocycles. The molecule has 1 nitrogen and oxygen atoms in total. The first kappa shape index (κ1) is 13.1. The Morgan fingerprint density at radius 1 is 1.11 bits per heavy atom. The summed E-state index contributed by atoms with van der Waals surface area (Å²) < 4.78 is 0. The third-order valence-electron chi connectivity index (χ3n) is 3.73. The van der Waals surface area contributed by atoms with Crippen LogP contribution in [0.4, 0.5) is 0 Å². The van der Waals surface area contributed by atoms with Crippen molar-refractivity contribution in [2.75, 3.05) is 12.5 Å². The minimum absolute atomic E-state index is 0.949. The maximum Gasteiger partial charge on any atom is 0.135 e. The second-order valence-corrected chi connectivity index (χ2v) is 6.51. The highest BCUT2D eigenvalue weighted by atomic mass is 32.2. The van der Waals surface area contributed by atoms with Crippen LogP contribution in [-0.2, 0) is 5.60 Å². The van der Waals surface area contributed by atoms with E-state index >= 15 is 0 Å². The molecule has 0 aromatic heterocycles. The van der Waals surface area contributed by atoms with E-state index in [0.29, 0.717) is 0 Å². The van der Waals surface area contributed by atoms with Gasteiger partial charge in [0.2, 0.25) is 0 Å². The summed E-state index contributed by atoms with van der Waals surface area (Å²) in [5, 5.41) is 11.1. The van der Waals surface area contributed by atoms with Gasteiger partial charge in [0, 0.05) is 11.3 Å². The third kappa shape index (κ3) is 2.00. The largest absolute Gasteiger partial charge is 0.377 e. The molecule has 3 heteroatoms. The first-order valence-corrected chi connectivity index (χ1v) is 8.67. The lowest BCUT2D eigenvalue weighted by Crippen LogP contribution is -2.22. The lowest BCUT2D eigenvalue weighted by molar-refractivity contribution is 0.136. The van der Waals surface area contributed by atoms with Gasteiger partial charge >= 0.3 is 0 Å². The van der Waals surface area contributed by atoms with E-state index < -0.39 is 5.60 Å². The van der Waals surface area contributed by atoms with E-state index in [2.05, 4.69) is 18.6 Å². The molecule has 19 heavy (non-hydrogen) atoms. The topological polar surface area (TPSA) is 20.2 Å². The normalized spacial score (nSPS) is 25.4. The number of benzene rings is 1. The van der Waals surface area contributed by atoms with Gasteiger partial charge in [-0.05, 0) is 46.3 Å². The second-order valence-electron chi connectivity index (χ2n) is 4.73. The van der Waals surface area contributed by atoms with Crippen LogP contribution in [0, 0.1) is 0 Å². The van der Waals surface area contributed by atoms with Gasteiger partial charge in [0.1, 0.15) is 5.60 Å². The number of hydrogen-bond acceptors (Lipinski definition) is 3. The Bertz CT molecular complexity index is 598. The fraction of sp³-hybridized carbons (Fsp3) is 0.250. The summed E-state index contributed by atoms with van der Waals surface area (Å²) in [4.78, 5) is 2.54. The van der Waals surface area contributed by atoms with E-state index in [0.717, 1.165) is 17.6 Å². The molecule has 0 spiro atoms. The van der Waals surface area contributed by atoms with Crippen LogP contribution in [0.25, 0.3) is 0 Å². The summed E-state index contributed by atoms with van der Waals surface area (Å²) in [5.41, 5.74) is 2.35. The quantitative estimate of drug-likeness (QED) is 0.905. The summed E-state index contributed by atoms with van der Waals surface area (Å²) >= 11 is 3.49. The van der Waals surface area contributed by atoms with Crippen molar-refractivity contribution in [2.24, 2.45) is 0 Å². The van der Waals surface area contributed by atoms with Crippen LogP contribution in [0.2, 0.25) is 0 Å². The van der Waals surface area contributed by atoms with Crippen molar-refractivity contribution >= 4 is 23.5 Å². The molecule has 2 aliphatic carbocycles. The Hall–Kier alpha value is -0.900. The molecule has 1 N–H and O–H groups in total. The number of rotatable bonds is 3. The maximum atomic E-state index is 11.1. The standard InChI is InChI=1S/C16H16OS2/c1-18-12-8-13-14(9-12)16(17,10-15(13)19-2)11-6-4-3-5-7-11/h3-7,9-10,17H,8H2,1-2H3. The zero-order valence-corrected chi connectivity index (χ0v) is 12.6. The molecule has 1 unspecified atom stereocenters. The first-order valence-electron chi connectivity index (χ1n) is 6.22. The van der Waals surface area contributed by atoms with Gasteiger partial charge in [-0.1, -0.05) is 30.3 Å². The van der Waals surface area contributed by atoms with Gasteiger partial charge in [0.15, 0.2) is 0 Å². The van der Waals surface area contributed by atoms with Gasteiger partial charge in [0.25, 0.3) is 0 Å². The lowest BCUT2D eigenvalue weighted by atomic mass is 9.88. The fourth-order valence-corrected chi connectivity index (χ4v) is 3.97. The molecule has 0 saturated carbocycles. The summed E-state index contributed by atoms with van der Waals surface area (Å²) in [7, 11) is 0. The second kappa shape index (κ2) is 4.89. The highest BCUT2D eigenvalue weighted by Crippen LogP contribution is 2.52. The summed E-state index contributed by atoms with van der Waals surface area (Å²) in [6, 6.07) is 9.93. The zero-order valence-electron chi connectivity index (χ0n) is 11.0. The van der Waals surface area contributed by atoms with Crippen molar-refractivity contribution in [3.63, 3.8) is 0 Å². The lowest BCUT2D eigenvalue weighted by Gasteiger charge is -2.23. The molecular formula is C16H16OS2. The molecule has 0 radical (unpaired) electrons. The zero-order chi connectivity index (χ0) is 13.5. The number of hydrogen-bond donors (Lipinski definition) is 1. The average Bonchev–Trinajstić information content (AvgIpc) is 2.99. The first-order chi connectivity index (χ1) is 9.19. The van der Waals surface area contributed by atoms with Crippen LogP contribution in [0.3, 0.4) is 0 Å². The number of allylic oxidation sites excluding steroid dienone is 2. The van der Waals surface area contributed by atoms with Gasteiger partial charge in [-0.15, -0.1) is 23.5 Å². The van der Waals surface area contributed by atoms with Crippen LogP contribution < -0.4 is 0 Å². The fourth-order valence-electron chi connectivity index (χ4n) is 2.73. The van der Waals surface area contributed by atoms with E-state index in [1.165, 1.54) is 15.4 Å².